The Bertz CT molecular complexity index is 542. The van der Waals surface area contributed by atoms with Crippen molar-refractivity contribution in [3.8, 4) is 5.75 Å². The molecule has 0 aliphatic carbocycles. The normalized spacial score (nSPS) is 18.1. The second kappa shape index (κ2) is 5.79. The summed E-state index contributed by atoms with van der Waals surface area (Å²) in [7, 11) is -2.88. The summed E-state index contributed by atoms with van der Waals surface area (Å²) in [6.07, 6.45) is 0. The van der Waals surface area contributed by atoms with E-state index in [9.17, 15) is 13.2 Å². The fourth-order valence-electron chi connectivity index (χ4n) is 1.85. The first-order valence-corrected chi connectivity index (χ1v) is 8.18. The molecule has 1 heterocycles. The standard InChI is InChI=1S/C12H14ClNO4S/c13-9-12(15)18-11-3-1-10(2-4-11)14-5-7-19(16,17)8-6-14/h1-4H,5-9H2. The molecular weight excluding hydrogens is 290 g/mol. The van der Waals surface area contributed by atoms with Crippen molar-refractivity contribution in [2.24, 2.45) is 0 Å². The van der Waals surface area contributed by atoms with Crippen LogP contribution in [0, 0.1) is 0 Å². The molecule has 0 amide bonds. The molecule has 1 saturated heterocycles. The number of carbonyl (C=O) groups is 1. The lowest BCUT2D eigenvalue weighted by Gasteiger charge is -2.28. The van der Waals surface area contributed by atoms with Crippen LogP contribution in [0.1, 0.15) is 0 Å². The summed E-state index contributed by atoms with van der Waals surface area (Å²) in [5, 5.41) is 0. The van der Waals surface area contributed by atoms with Gasteiger partial charge in [0.2, 0.25) is 0 Å². The quantitative estimate of drug-likeness (QED) is 0.475. The molecule has 0 unspecified atom stereocenters. The fraction of sp³-hybridized carbons (Fsp3) is 0.417. The Morgan fingerprint density at radius 1 is 1.21 bits per heavy atom. The van der Waals surface area contributed by atoms with Crippen molar-refractivity contribution in [3.05, 3.63) is 24.3 Å². The average molecular weight is 304 g/mol. The Balaban J connectivity index is 2.01. The second-order valence-corrected chi connectivity index (χ2v) is 6.81. The minimum absolute atomic E-state index is 0.177. The molecule has 5 nitrogen and oxygen atoms in total. The first kappa shape index (κ1) is 14.1. The molecule has 7 heteroatoms. The lowest BCUT2D eigenvalue weighted by molar-refractivity contribution is -0.131. The highest BCUT2D eigenvalue weighted by Gasteiger charge is 2.21. The number of esters is 1. The highest BCUT2D eigenvalue weighted by molar-refractivity contribution is 7.91. The molecule has 0 N–H and O–H groups in total. The first-order chi connectivity index (χ1) is 9.00. The number of alkyl halides is 1. The van der Waals surface area contributed by atoms with Gasteiger partial charge in [-0.05, 0) is 24.3 Å². The van der Waals surface area contributed by atoms with Crippen LogP contribution in [0.3, 0.4) is 0 Å². The molecule has 1 fully saturated rings. The fourth-order valence-corrected chi connectivity index (χ4v) is 3.11. The van der Waals surface area contributed by atoms with E-state index in [1.807, 2.05) is 4.90 Å². The highest BCUT2D eigenvalue weighted by atomic mass is 35.5. The number of ether oxygens (including phenoxy) is 1. The highest BCUT2D eigenvalue weighted by Crippen LogP contribution is 2.21. The van der Waals surface area contributed by atoms with Crippen LogP contribution in [0.4, 0.5) is 5.69 Å². The van der Waals surface area contributed by atoms with Gasteiger partial charge in [0.1, 0.15) is 11.6 Å². The van der Waals surface area contributed by atoms with Gasteiger partial charge in [0.25, 0.3) is 0 Å². The summed E-state index contributed by atoms with van der Waals surface area (Å²) in [5.41, 5.74) is 0.917. The van der Waals surface area contributed by atoms with Crippen LogP contribution in [0.2, 0.25) is 0 Å². The summed E-state index contributed by atoms with van der Waals surface area (Å²) in [6.45, 7) is 0.978. The maximum atomic E-state index is 11.3. The van der Waals surface area contributed by atoms with Gasteiger partial charge in [-0.2, -0.15) is 0 Å². The zero-order valence-electron chi connectivity index (χ0n) is 10.2. The third-order valence-corrected chi connectivity index (χ3v) is 4.71. The number of nitrogens with zero attached hydrogens (tertiary/aromatic N) is 1. The Hall–Kier alpha value is -1.27. The van der Waals surface area contributed by atoms with E-state index in [4.69, 9.17) is 16.3 Å². The third kappa shape index (κ3) is 3.84. The predicted molar refractivity (Wildman–Crippen MR) is 73.7 cm³/mol. The van der Waals surface area contributed by atoms with Gasteiger partial charge in [-0.1, -0.05) is 0 Å². The number of carbonyl (C=O) groups excluding carboxylic acids is 1. The van der Waals surface area contributed by atoms with E-state index in [1.165, 1.54) is 0 Å². The maximum absolute atomic E-state index is 11.3. The maximum Gasteiger partial charge on any atom is 0.326 e. The van der Waals surface area contributed by atoms with Crippen molar-refractivity contribution in [2.45, 2.75) is 0 Å². The number of rotatable bonds is 3. The number of sulfone groups is 1. The first-order valence-electron chi connectivity index (χ1n) is 5.82. The monoisotopic (exact) mass is 303 g/mol. The molecule has 0 atom stereocenters. The van der Waals surface area contributed by atoms with Gasteiger partial charge < -0.3 is 9.64 Å². The van der Waals surface area contributed by atoms with Crippen LogP contribution in [0.25, 0.3) is 0 Å². The predicted octanol–water partition coefficient (Wildman–Crippen LogP) is 1.07. The largest absolute Gasteiger partial charge is 0.426 e. The van der Waals surface area contributed by atoms with Crippen molar-refractivity contribution in [2.75, 3.05) is 35.4 Å². The van der Waals surface area contributed by atoms with E-state index in [0.717, 1.165) is 5.69 Å². The Morgan fingerprint density at radius 2 is 1.79 bits per heavy atom. The van der Waals surface area contributed by atoms with Crippen LogP contribution >= 0.6 is 11.6 Å². The molecule has 0 radical (unpaired) electrons. The SMILES string of the molecule is O=C(CCl)Oc1ccc(N2CCS(=O)(=O)CC2)cc1. The van der Waals surface area contributed by atoms with Gasteiger partial charge in [0.15, 0.2) is 9.84 Å². The van der Waals surface area contributed by atoms with E-state index >= 15 is 0 Å². The van der Waals surface area contributed by atoms with E-state index in [2.05, 4.69) is 0 Å². The second-order valence-electron chi connectivity index (χ2n) is 4.24. The van der Waals surface area contributed by atoms with Gasteiger partial charge in [-0.25, -0.2) is 8.42 Å². The van der Waals surface area contributed by atoms with Gasteiger partial charge in [0.05, 0.1) is 11.5 Å². The topological polar surface area (TPSA) is 63.7 Å². The number of halogens is 1. The Kier molecular flexibility index (Phi) is 4.31. The summed E-state index contributed by atoms with van der Waals surface area (Å²) < 4.78 is 27.6. The van der Waals surface area contributed by atoms with Crippen LogP contribution < -0.4 is 9.64 Å². The molecule has 0 bridgehead atoms. The zero-order valence-corrected chi connectivity index (χ0v) is 11.8. The number of anilines is 1. The molecule has 1 aliphatic heterocycles. The summed E-state index contributed by atoms with van der Waals surface area (Å²) in [6, 6.07) is 6.94. The molecular formula is C12H14ClNO4S. The van der Waals surface area contributed by atoms with Crippen molar-refractivity contribution in [3.63, 3.8) is 0 Å². The molecule has 0 aromatic heterocycles. The summed E-state index contributed by atoms with van der Waals surface area (Å²) in [5.74, 6) is 0.0926. The van der Waals surface area contributed by atoms with Crippen LogP contribution in [-0.4, -0.2) is 44.9 Å². The molecule has 1 aliphatic rings. The van der Waals surface area contributed by atoms with E-state index in [1.54, 1.807) is 24.3 Å². The minimum atomic E-state index is -2.88. The Morgan fingerprint density at radius 3 is 2.32 bits per heavy atom. The van der Waals surface area contributed by atoms with E-state index in [-0.39, 0.29) is 17.4 Å². The molecule has 19 heavy (non-hydrogen) atoms. The van der Waals surface area contributed by atoms with Crippen molar-refractivity contribution < 1.29 is 17.9 Å². The number of hydrogen-bond donors (Lipinski definition) is 0. The van der Waals surface area contributed by atoms with Gasteiger partial charge in [-0.15, -0.1) is 11.6 Å². The van der Waals surface area contributed by atoms with Gasteiger partial charge >= 0.3 is 5.97 Å². The lowest BCUT2D eigenvalue weighted by Crippen LogP contribution is -2.40. The zero-order chi connectivity index (χ0) is 13.9. The van der Waals surface area contributed by atoms with E-state index in [0.29, 0.717) is 18.8 Å². The van der Waals surface area contributed by atoms with E-state index < -0.39 is 15.8 Å². The minimum Gasteiger partial charge on any atom is -0.426 e. The van der Waals surface area contributed by atoms with Gasteiger partial charge in [0, 0.05) is 18.8 Å². The summed E-state index contributed by atoms with van der Waals surface area (Å²) >= 11 is 5.34. The third-order valence-electron chi connectivity index (χ3n) is 2.89. The van der Waals surface area contributed by atoms with Crippen LogP contribution in [-0.2, 0) is 14.6 Å². The molecule has 1 aromatic rings. The van der Waals surface area contributed by atoms with Crippen molar-refractivity contribution >= 4 is 33.1 Å². The van der Waals surface area contributed by atoms with Crippen molar-refractivity contribution in [1.29, 1.82) is 0 Å². The molecule has 1 aromatic carbocycles. The number of hydrogen-bond acceptors (Lipinski definition) is 5. The van der Waals surface area contributed by atoms with Crippen LogP contribution in [0.5, 0.6) is 5.75 Å². The number of benzene rings is 1. The van der Waals surface area contributed by atoms with Crippen LogP contribution in [0.15, 0.2) is 24.3 Å². The molecule has 0 spiro atoms. The average Bonchev–Trinajstić information content (AvgIpc) is 2.40. The van der Waals surface area contributed by atoms with Crippen molar-refractivity contribution in [1.82, 2.24) is 0 Å². The molecule has 0 saturated carbocycles. The summed E-state index contributed by atoms with van der Waals surface area (Å²) in [4.78, 5) is 13.0. The Labute approximate surface area is 117 Å². The lowest BCUT2D eigenvalue weighted by atomic mass is 10.2. The molecule has 2 rings (SSSR count). The van der Waals surface area contributed by atoms with Gasteiger partial charge in [-0.3, -0.25) is 4.79 Å². The molecule has 104 valence electrons. The smallest absolute Gasteiger partial charge is 0.326 e.